The van der Waals surface area contributed by atoms with Gasteiger partial charge in [0.2, 0.25) is 0 Å². The van der Waals surface area contributed by atoms with Crippen molar-refractivity contribution in [2.24, 2.45) is 5.41 Å². The van der Waals surface area contributed by atoms with Gasteiger partial charge in [-0.15, -0.1) is 0 Å². The van der Waals surface area contributed by atoms with Crippen molar-refractivity contribution in [1.82, 2.24) is 4.90 Å². The lowest BCUT2D eigenvalue weighted by Gasteiger charge is -2.36. The van der Waals surface area contributed by atoms with Crippen LogP contribution in [-0.2, 0) is 0 Å². The molecule has 1 unspecified atom stereocenters. The molecule has 1 atom stereocenters. The molecule has 18 heavy (non-hydrogen) atoms. The Hall–Kier alpha value is -1.08. The number of nitrogens with zero attached hydrogens (tertiary/aromatic N) is 1. The van der Waals surface area contributed by atoms with Crippen LogP contribution >= 0.6 is 0 Å². The highest BCUT2D eigenvalue weighted by Gasteiger charge is 2.33. The molecule has 0 saturated carbocycles. The lowest BCUT2D eigenvalue weighted by Crippen LogP contribution is -2.34. The summed E-state index contributed by atoms with van der Waals surface area (Å²) in [7, 11) is 2.23. The quantitative estimate of drug-likeness (QED) is 0.651. The smallest absolute Gasteiger partial charge is 0.00775 e. The molecular weight excluding hydrogens is 218 g/mol. The van der Waals surface area contributed by atoms with Gasteiger partial charge in [-0.25, -0.2) is 0 Å². The highest BCUT2D eigenvalue weighted by molar-refractivity contribution is 5.32. The number of hydrogen-bond donors (Lipinski definition) is 0. The van der Waals surface area contributed by atoms with Crippen LogP contribution in [0.3, 0.4) is 0 Å². The van der Waals surface area contributed by atoms with Crippen LogP contribution in [0.4, 0.5) is 0 Å². The minimum absolute atomic E-state index is 0.277. The second-order valence-electron chi connectivity index (χ2n) is 5.28. The third kappa shape index (κ3) is 3.71. The van der Waals surface area contributed by atoms with E-state index in [1.165, 1.54) is 37.8 Å². The van der Waals surface area contributed by atoms with Crippen LogP contribution < -0.4 is 0 Å². The molecule has 0 aliphatic carbocycles. The third-order valence-electron chi connectivity index (χ3n) is 4.02. The Morgan fingerprint density at radius 3 is 2.67 bits per heavy atom. The standard InChI is InChI=1S/C17H27N/c1-5-8-12-16(11-6-2)17(7-3)13-9-10-14-18(4)15-17/h5-6,8,11-12H,1-2,7,9-10,13-15H2,3-4H3/b12-8-,16-11+. The topological polar surface area (TPSA) is 3.24 Å². The van der Waals surface area contributed by atoms with Gasteiger partial charge in [-0.05, 0) is 38.4 Å². The van der Waals surface area contributed by atoms with Crippen LogP contribution in [0.25, 0.3) is 0 Å². The summed E-state index contributed by atoms with van der Waals surface area (Å²) in [6.07, 6.45) is 15.2. The SMILES string of the molecule is C=C/C=C\C(=C/C=C)C1(CC)CCCCN(C)C1. The van der Waals surface area contributed by atoms with Crippen LogP contribution in [-0.4, -0.2) is 25.0 Å². The Morgan fingerprint density at radius 1 is 1.28 bits per heavy atom. The molecule has 1 heteroatoms. The van der Waals surface area contributed by atoms with Crippen molar-refractivity contribution in [2.75, 3.05) is 20.1 Å². The largest absolute Gasteiger partial charge is 0.305 e. The molecule has 1 fully saturated rings. The third-order valence-corrected chi connectivity index (χ3v) is 4.02. The molecule has 0 amide bonds. The van der Waals surface area contributed by atoms with Crippen LogP contribution in [0.2, 0.25) is 0 Å². The zero-order chi connectivity index (χ0) is 13.4. The van der Waals surface area contributed by atoms with E-state index in [0.717, 1.165) is 6.54 Å². The van der Waals surface area contributed by atoms with Crippen LogP contribution in [0.15, 0.2) is 49.1 Å². The fourth-order valence-electron chi connectivity index (χ4n) is 2.96. The predicted molar refractivity (Wildman–Crippen MR) is 81.7 cm³/mol. The number of allylic oxidation sites excluding steroid dienone is 5. The highest BCUT2D eigenvalue weighted by Crippen LogP contribution is 2.40. The highest BCUT2D eigenvalue weighted by atomic mass is 15.1. The molecule has 0 aromatic rings. The van der Waals surface area contributed by atoms with Gasteiger partial charge in [0.15, 0.2) is 0 Å². The minimum atomic E-state index is 0.277. The zero-order valence-corrected chi connectivity index (χ0v) is 12.0. The summed E-state index contributed by atoms with van der Waals surface area (Å²) in [5.41, 5.74) is 1.67. The fourth-order valence-corrected chi connectivity index (χ4v) is 2.96. The minimum Gasteiger partial charge on any atom is -0.305 e. The van der Waals surface area contributed by atoms with Gasteiger partial charge in [-0.1, -0.05) is 56.9 Å². The Labute approximate surface area is 113 Å². The van der Waals surface area contributed by atoms with Gasteiger partial charge in [-0.3, -0.25) is 0 Å². The van der Waals surface area contributed by atoms with E-state index in [1.807, 2.05) is 18.2 Å². The monoisotopic (exact) mass is 245 g/mol. The molecule has 0 spiro atoms. The molecule has 100 valence electrons. The van der Waals surface area contributed by atoms with Gasteiger partial charge in [0.25, 0.3) is 0 Å². The van der Waals surface area contributed by atoms with Gasteiger partial charge in [0.05, 0.1) is 0 Å². The summed E-state index contributed by atoms with van der Waals surface area (Å²) in [5, 5.41) is 0. The number of likely N-dealkylation sites (tertiary alicyclic amines) is 1. The second kappa shape index (κ2) is 7.38. The van der Waals surface area contributed by atoms with Crippen molar-refractivity contribution < 1.29 is 0 Å². The van der Waals surface area contributed by atoms with E-state index in [-0.39, 0.29) is 5.41 Å². The number of hydrogen-bond acceptors (Lipinski definition) is 1. The van der Waals surface area contributed by atoms with E-state index in [9.17, 15) is 0 Å². The molecule has 0 N–H and O–H groups in total. The molecule has 1 saturated heterocycles. The summed E-state index contributed by atoms with van der Waals surface area (Å²) in [6, 6.07) is 0. The second-order valence-corrected chi connectivity index (χ2v) is 5.28. The van der Waals surface area contributed by atoms with Crippen molar-refractivity contribution in [2.45, 2.75) is 32.6 Å². The first-order valence-electron chi connectivity index (χ1n) is 6.99. The summed E-state index contributed by atoms with van der Waals surface area (Å²) in [5.74, 6) is 0. The van der Waals surface area contributed by atoms with Crippen LogP contribution in [0.1, 0.15) is 32.6 Å². The first kappa shape index (κ1) is 15.0. The number of rotatable bonds is 5. The van der Waals surface area contributed by atoms with Gasteiger partial charge in [0, 0.05) is 12.0 Å². The molecule has 1 nitrogen and oxygen atoms in total. The normalized spacial score (nSPS) is 27.1. The molecule has 1 aliphatic rings. The predicted octanol–water partition coefficient (Wildman–Crippen LogP) is 4.35. The van der Waals surface area contributed by atoms with Crippen molar-refractivity contribution in [3.8, 4) is 0 Å². The Morgan fingerprint density at radius 2 is 2.06 bits per heavy atom. The maximum Gasteiger partial charge on any atom is 0.00775 e. The first-order chi connectivity index (χ1) is 8.68. The Bertz CT molecular complexity index is 338. The first-order valence-corrected chi connectivity index (χ1v) is 6.99. The average Bonchev–Trinajstić information content (AvgIpc) is 2.57. The molecule has 1 aliphatic heterocycles. The molecule has 0 bridgehead atoms. The van der Waals surface area contributed by atoms with E-state index in [0.29, 0.717) is 0 Å². The Balaban J connectivity index is 3.07. The van der Waals surface area contributed by atoms with E-state index < -0.39 is 0 Å². The lowest BCUT2D eigenvalue weighted by atomic mass is 9.73. The van der Waals surface area contributed by atoms with Crippen molar-refractivity contribution in [1.29, 1.82) is 0 Å². The average molecular weight is 245 g/mol. The van der Waals surface area contributed by atoms with Crippen molar-refractivity contribution in [3.63, 3.8) is 0 Å². The van der Waals surface area contributed by atoms with Crippen LogP contribution in [0, 0.1) is 5.41 Å². The van der Waals surface area contributed by atoms with E-state index in [2.05, 4.69) is 44.2 Å². The van der Waals surface area contributed by atoms with Crippen LogP contribution in [0.5, 0.6) is 0 Å². The van der Waals surface area contributed by atoms with E-state index >= 15 is 0 Å². The fraction of sp³-hybridized carbons (Fsp3) is 0.529. The molecular formula is C17H27N. The van der Waals surface area contributed by atoms with Gasteiger partial charge in [-0.2, -0.15) is 0 Å². The van der Waals surface area contributed by atoms with Gasteiger partial charge < -0.3 is 4.90 Å². The molecule has 0 radical (unpaired) electrons. The molecule has 1 rings (SSSR count). The summed E-state index contributed by atoms with van der Waals surface area (Å²) in [4.78, 5) is 2.47. The zero-order valence-electron chi connectivity index (χ0n) is 12.0. The maximum atomic E-state index is 3.86. The molecule has 0 aromatic carbocycles. The molecule has 1 heterocycles. The lowest BCUT2D eigenvalue weighted by molar-refractivity contribution is 0.222. The van der Waals surface area contributed by atoms with Crippen molar-refractivity contribution >= 4 is 0 Å². The summed E-state index contributed by atoms with van der Waals surface area (Å²) in [6.45, 7) is 12.3. The van der Waals surface area contributed by atoms with E-state index in [1.54, 1.807) is 0 Å². The van der Waals surface area contributed by atoms with E-state index in [4.69, 9.17) is 0 Å². The van der Waals surface area contributed by atoms with Gasteiger partial charge in [0.1, 0.15) is 0 Å². The van der Waals surface area contributed by atoms with Gasteiger partial charge >= 0.3 is 0 Å². The molecule has 0 aromatic heterocycles. The summed E-state index contributed by atoms with van der Waals surface area (Å²) >= 11 is 0. The Kier molecular flexibility index (Phi) is 6.14. The maximum absolute atomic E-state index is 3.86. The summed E-state index contributed by atoms with van der Waals surface area (Å²) < 4.78 is 0. The van der Waals surface area contributed by atoms with Crippen molar-refractivity contribution in [3.05, 3.63) is 49.1 Å².